The number of amides is 2. The van der Waals surface area contributed by atoms with E-state index in [9.17, 15) is 18.0 Å². The third-order valence-electron chi connectivity index (χ3n) is 7.36. The molecule has 3 rings (SSSR count). The summed E-state index contributed by atoms with van der Waals surface area (Å²) in [5, 5.41) is 3.92. The van der Waals surface area contributed by atoms with Crippen LogP contribution in [0.2, 0.25) is 10.0 Å². The van der Waals surface area contributed by atoms with Crippen LogP contribution in [-0.2, 0) is 26.2 Å². The fourth-order valence-electron chi connectivity index (χ4n) is 5.01. The van der Waals surface area contributed by atoms with Crippen LogP contribution >= 0.6 is 23.2 Å². The molecule has 0 heterocycles. The van der Waals surface area contributed by atoms with Gasteiger partial charge in [0, 0.05) is 25.6 Å². The van der Waals surface area contributed by atoms with Gasteiger partial charge < -0.3 is 10.2 Å². The number of carbonyl (C=O) groups is 2. The van der Waals surface area contributed by atoms with Crippen molar-refractivity contribution >= 4 is 50.7 Å². The molecule has 1 saturated carbocycles. The highest BCUT2D eigenvalue weighted by atomic mass is 35.5. The van der Waals surface area contributed by atoms with E-state index in [4.69, 9.17) is 23.2 Å². The Balaban J connectivity index is 1.78. The molecule has 2 amide bonds. The second-order valence-corrected chi connectivity index (χ2v) is 13.1. The van der Waals surface area contributed by atoms with Crippen LogP contribution in [0.4, 0.5) is 5.69 Å². The van der Waals surface area contributed by atoms with E-state index in [0.717, 1.165) is 42.4 Å². The number of sulfonamides is 1. The van der Waals surface area contributed by atoms with E-state index in [0.29, 0.717) is 28.6 Å². The number of halogens is 2. The van der Waals surface area contributed by atoms with Gasteiger partial charge in [-0.3, -0.25) is 13.9 Å². The van der Waals surface area contributed by atoms with Crippen LogP contribution in [0.5, 0.6) is 0 Å². The van der Waals surface area contributed by atoms with E-state index in [1.54, 1.807) is 29.2 Å². The summed E-state index contributed by atoms with van der Waals surface area (Å²) in [7, 11) is -3.55. The van der Waals surface area contributed by atoms with Crippen molar-refractivity contribution in [2.24, 2.45) is 0 Å². The van der Waals surface area contributed by atoms with Crippen LogP contribution in [-0.4, -0.2) is 50.0 Å². The number of nitrogens with one attached hydrogen (secondary N) is 1. The van der Waals surface area contributed by atoms with E-state index in [1.165, 1.54) is 10.6 Å². The Morgan fingerprint density at radius 3 is 2.31 bits per heavy atom. The van der Waals surface area contributed by atoms with Crippen LogP contribution in [0.15, 0.2) is 36.4 Å². The van der Waals surface area contributed by atoms with E-state index in [1.807, 2.05) is 32.9 Å². The summed E-state index contributed by atoms with van der Waals surface area (Å²) >= 11 is 12.3. The molecule has 0 bridgehead atoms. The van der Waals surface area contributed by atoms with Crippen LogP contribution in [0, 0.1) is 13.8 Å². The van der Waals surface area contributed by atoms with Gasteiger partial charge in [-0.25, -0.2) is 8.42 Å². The third-order valence-corrected chi connectivity index (χ3v) is 9.29. The third kappa shape index (κ3) is 8.60. The fraction of sp³-hybridized carbons (Fsp3) is 0.517. The number of carbonyl (C=O) groups excluding carboxylic acids is 2. The lowest BCUT2D eigenvalue weighted by Crippen LogP contribution is -2.51. The monoisotopic (exact) mass is 595 g/mol. The SMILES string of the molecule is CCC(C(=O)NC1CCCC1)N(Cc1ccc(Cl)c(Cl)c1)C(=O)CCCN(c1ccc(C)c(C)c1)S(C)(=O)=O. The minimum Gasteiger partial charge on any atom is -0.352 e. The number of nitrogens with zero attached hydrogens (tertiary/aromatic N) is 2. The molecule has 1 aliphatic carbocycles. The maximum atomic E-state index is 13.6. The highest BCUT2D eigenvalue weighted by Crippen LogP contribution is 2.26. The Hall–Kier alpha value is -2.29. The zero-order valence-corrected chi connectivity index (χ0v) is 25.5. The maximum Gasteiger partial charge on any atom is 0.243 e. The summed E-state index contributed by atoms with van der Waals surface area (Å²) in [6.45, 7) is 6.14. The summed E-state index contributed by atoms with van der Waals surface area (Å²) in [4.78, 5) is 28.5. The first-order valence-electron chi connectivity index (χ1n) is 13.5. The van der Waals surface area contributed by atoms with Gasteiger partial charge in [-0.15, -0.1) is 0 Å². The topological polar surface area (TPSA) is 86.8 Å². The highest BCUT2D eigenvalue weighted by molar-refractivity contribution is 7.92. The lowest BCUT2D eigenvalue weighted by Gasteiger charge is -2.32. The lowest BCUT2D eigenvalue weighted by molar-refractivity contribution is -0.141. The van der Waals surface area contributed by atoms with Gasteiger partial charge >= 0.3 is 0 Å². The average molecular weight is 597 g/mol. The molecule has 1 fully saturated rings. The van der Waals surface area contributed by atoms with Gasteiger partial charge in [-0.1, -0.05) is 55.1 Å². The average Bonchev–Trinajstić information content (AvgIpc) is 3.38. The Labute approximate surface area is 242 Å². The Bertz CT molecular complexity index is 1280. The molecule has 1 atom stereocenters. The Morgan fingerprint density at radius 2 is 1.72 bits per heavy atom. The fourth-order valence-corrected chi connectivity index (χ4v) is 6.28. The molecule has 1 aliphatic rings. The molecule has 7 nitrogen and oxygen atoms in total. The zero-order valence-electron chi connectivity index (χ0n) is 23.2. The number of anilines is 1. The first-order valence-corrected chi connectivity index (χ1v) is 16.1. The summed E-state index contributed by atoms with van der Waals surface area (Å²) in [5.41, 5.74) is 3.40. The van der Waals surface area contributed by atoms with Gasteiger partial charge in [-0.05, 0) is 80.5 Å². The van der Waals surface area contributed by atoms with Gasteiger partial charge in [0.05, 0.1) is 22.0 Å². The number of benzene rings is 2. The van der Waals surface area contributed by atoms with Gasteiger partial charge in [0.25, 0.3) is 0 Å². The summed E-state index contributed by atoms with van der Waals surface area (Å²) in [5.74, 6) is -0.381. The standard InChI is InChI=1S/C29H39Cl2N3O4S/c1-5-27(29(36)32-23-9-6-7-10-23)33(19-22-13-15-25(30)26(31)18-22)28(35)11-8-16-34(39(4,37)38)24-14-12-20(2)21(3)17-24/h12-15,17-18,23,27H,5-11,16,19H2,1-4H3,(H,32,36). The molecule has 2 aromatic rings. The van der Waals surface area contributed by atoms with Crippen molar-refractivity contribution in [2.45, 2.75) is 84.3 Å². The van der Waals surface area contributed by atoms with Gasteiger partial charge in [0.15, 0.2) is 0 Å². The Morgan fingerprint density at radius 1 is 1.03 bits per heavy atom. The molecule has 0 radical (unpaired) electrons. The number of hydrogen-bond acceptors (Lipinski definition) is 4. The summed E-state index contributed by atoms with van der Waals surface area (Å²) < 4.78 is 26.5. The van der Waals surface area contributed by atoms with Crippen molar-refractivity contribution in [3.05, 3.63) is 63.1 Å². The summed E-state index contributed by atoms with van der Waals surface area (Å²) in [6, 6.07) is 10.2. The Kier molecular flexibility index (Phi) is 11.1. The smallest absolute Gasteiger partial charge is 0.243 e. The first-order chi connectivity index (χ1) is 18.4. The van der Waals surface area contributed by atoms with Crippen molar-refractivity contribution in [2.75, 3.05) is 17.1 Å². The van der Waals surface area contributed by atoms with Crippen LogP contribution in [0.3, 0.4) is 0 Å². The number of hydrogen-bond donors (Lipinski definition) is 1. The minimum atomic E-state index is -3.55. The predicted molar refractivity (Wildman–Crippen MR) is 159 cm³/mol. The second kappa shape index (κ2) is 13.9. The van der Waals surface area contributed by atoms with Crippen molar-refractivity contribution in [3.8, 4) is 0 Å². The normalized spacial score (nSPS) is 14.7. The number of aryl methyl sites for hydroxylation is 2. The van der Waals surface area contributed by atoms with E-state index >= 15 is 0 Å². The molecule has 1 N–H and O–H groups in total. The molecule has 39 heavy (non-hydrogen) atoms. The molecule has 0 aliphatic heterocycles. The van der Waals surface area contributed by atoms with Crippen LogP contribution < -0.4 is 9.62 Å². The highest BCUT2D eigenvalue weighted by Gasteiger charge is 2.31. The quantitative estimate of drug-likeness (QED) is 0.325. The molecule has 0 saturated heterocycles. The van der Waals surface area contributed by atoms with Crippen LogP contribution in [0.1, 0.15) is 68.6 Å². The zero-order chi connectivity index (χ0) is 28.7. The molecule has 214 valence electrons. The van der Waals surface area contributed by atoms with Crippen molar-refractivity contribution in [1.29, 1.82) is 0 Å². The van der Waals surface area contributed by atoms with Crippen molar-refractivity contribution in [3.63, 3.8) is 0 Å². The first kappa shape index (κ1) is 31.2. The predicted octanol–water partition coefficient (Wildman–Crippen LogP) is 6.02. The largest absolute Gasteiger partial charge is 0.352 e. The van der Waals surface area contributed by atoms with Crippen molar-refractivity contribution < 1.29 is 18.0 Å². The van der Waals surface area contributed by atoms with Gasteiger partial charge in [-0.2, -0.15) is 0 Å². The van der Waals surface area contributed by atoms with Crippen molar-refractivity contribution in [1.82, 2.24) is 10.2 Å². The van der Waals surface area contributed by atoms with Gasteiger partial charge in [0.1, 0.15) is 6.04 Å². The number of rotatable bonds is 12. The minimum absolute atomic E-state index is 0.0887. The van der Waals surface area contributed by atoms with Crippen LogP contribution in [0.25, 0.3) is 0 Å². The maximum absolute atomic E-state index is 13.6. The second-order valence-electron chi connectivity index (χ2n) is 10.4. The molecule has 0 spiro atoms. The van der Waals surface area contributed by atoms with E-state index in [2.05, 4.69) is 5.32 Å². The van der Waals surface area contributed by atoms with E-state index in [-0.39, 0.29) is 37.4 Å². The van der Waals surface area contributed by atoms with E-state index < -0.39 is 16.1 Å². The lowest BCUT2D eigenvalue weighted by atomic mass is 10.1. The summed E-state index contributed by atoms with van der Waals surface area (Å²) in [6.07, 6.45) is 6.08. The molecule has 0 aromatic heterocycles. The molecular weight excluding hydrogens is 557 g/mol. The molecular formula is C29H39Cl2N3O4S. The molecule has 1 unspecified atom stereocenters. The molecule has 10 heteroatoms. The van der Waals surface area contributed by atoms with Gasteiger partial charge in [0.2, 0.25) is 21.8 Å². The molecule has 2 aromatic carbocycles.